The molecule has 0 radical (unpaired) electrons. The largest absolute Gasteiger partial charge is 0.465 e. The van der Waals surface area contributed by atoms with Gasteiger partial charge in [-0.05, 0) is 50.1 Å². The number of carbonyl (C=O) groups excluding carboxylic acids is 2. The van der Waals surface area contributed by atoms with Crippen LogP contribution in [0.1, 0.15) is 19.8 Å². The number of aromatic nitrogens is 1. The number of ether oxygens (including phenoxy) is 1. The maximum Gasteiger partial charge on any atom is 0.325 e. The third-order valence-electron chi connectivity index (χ3n) is 4.54. The van der Waals surface area contributed by atoms with Crippen molar-refractivity contribution < 1.29 is 14.3 Å². The number of nitrogens with zero attached hydrogens (tertiary/aromatic N) is 2. The van der Waals surface area contributed by atoms with Crippen LogP contribution in [0.15, 0.2) is 34.8 Å². The van der Waals surface area contributed by atoms with Crippen molar-refractivity contribution in [1.82, 2.24) is 10.3 Å². The first-order chi connectivity index (χ1) is 12.6. The number of hydrogen-bond donors (Lipinski definition) is 1. The molecule has 138 valence electrons. The van der Waals surface area contributed by atoms with E-state index >= 15 is 0 Å². The minimum atomic E-state index is -0.398. The van der Waals surface area contributed by atoms with Crippen LogP contribution in [0.5, 0.6) is 0 Å². The Bertz CT molecular complexity index is 804. The van der Waals surface area contributed by atoms with E-state index in [0.29, 0.717) is 6.61 Å². The second kappa shape index (κ2) is 8.49. The van der Waals surface area contributed by atoms with E-state index < -0.39 is 5.97 Å². The number of pyridine rings is 1. The molecule has 1 aromatic heterocycles. The van der Waals surface area contributed by atoms with Crippen LogP contribution in [-0.4, -0.2) is 43.1 Å². The molecule has 1 N–H and O–H groups in total. The summed E-state index contributed by atoms with van der Waals surface area (Å²) in [6.45, 7) is 3.55. The van der Waals surface area contributed by atoms with Gasteiger partial charge in [-0.15, -0.1) is 0 Å². The van der Waals surface area contributed by atoms with Crippen LogP contribution in [0.2, 0.25) is 0 Å². The number of benzene rings is 1. The predicted molar refractivity (Wildman–Crippen MR) is 104 cm³/mol. The fraction of sp³-hybridized carbons (Fsp3) is 0.421. The first kappa shape index (κ1) is 18.6. The zero-order chi connectivity index (χ0) is 18.5. The standard InChI is InChI=1S/C19H22BrN3O3/c1-2-26-18(24)12-21-19(25)13-7-9-23(10-8-13)17-6-3-14-11-15(20)4-5-16(14)22-17/h3-6,11,13H,2,7-10,12H2,1H3,(H,21,25). The molecule has 3 rings (SSSR count). The van der Waals surface area contributed by atoms with Gasteiger partial charge in [0.1, 0.15) is 12.4 Å². The quantitative estimate of drug-likeness (QED) is 0.754. The summed E-state index contributed by atoms with van der Waals surface area (Å²) in [4.78, 5) is 30.5. The van der Waals surface area contributed by atoms with E-state index in [4.69, 9.17) is 9.72 Å². The topological polar surface area (TPSA) is 71.5 Å². The molecule has 1 saturated heterocycles. The molecule has 0 atom stereocenters. The molecule has 1 amide bonds. The van der Waals surface area contributed by atoms with E-state index in [2.05, 4.69) is 32.2 Å². The predicted octanol–water partition coefficient (Wildman–Crippen LogP) is 2.89. The lowest BCUT2D eigenvalue weighted by Gasteiger charge is -2.32. The van der Waals surface area contributed by atoms with Crippen molar-refractivity contribution in [3.63, 3.8) is 0 Å². The number of hydrogen-bond acceptors (Lipinski definition) is 5. The van der Waals surface area contributed by atoms with Crippen molar-refractivity contribution in [2.24, 2.45) is 5.92 Å². The molecule has 6 nitrogen and oxygen atoms in total. The highest BCUT2D eigenvalue weighted by molar-refractivity contribution is 9.10. The van der Waals surface area contributed by atoms with Crippen LogP contribution in [-0.2, 0) is 14.3 Å². The van der Waals surface area contributed by atoms with Gasteiger partial charge in [0.2, 0.25) is 5.91 Å². The summed E-state index contributed by atoms with van der Waals surface area (Å²) >= 11 is 3.47. The number of amides is 1. The molecule has 0 bridgehead atoms. The molecule has 1 aromatic carbocycles. The Balaban J connectivity index is 1.55. The highest BCUT2D eigenvalue weighted by atomic mass is 79.9. The summed E-state index contributed by atoms with van der Waals surface area (Å²) in [7, 11) is 0. The Labute approximate surface area is 161 Å². The number of anilines is 1. The Morgan fingerprint density at radius 2 is 2.04 bits per heavy atom. The minimum absolute atomic E-state index is 0.0608. The van der Waals surface area contributed by atoms with Crippen molar-refractivity contribution in [3.05, 3.63) is 34.8 Å². The lowest BCUT2D eigenvalue weighted by atomic mass is 9.96. The molecule has 1 fully saturated rings. The van der Waals surface area contributed by atoms with Crippen molar-refractivity contribution in [2.75, 3.05) is 31.1 Å². The van der Waals surface area contributed by atoms with Gasteiger partial charge < -0.3 is 15.0 Å². The summed E-state index contributed by atoms with van der Waals surface area (Å²) < 4.78 is 5.86. The smallest absolute Gasteiger partial charge is 0.325 e. The van der Waals surface area contributed by atoms with Crippen molar-refractivity contribution >= 4 is 44.5 Å². The average molecular weight is 420 g/mol. The zero-order valence-corrected chi connectivity index (χ0v) is 16.3. The molecular formula is C19H22BrN3O3. The van der Waals surface area contributed by atoms with Gasteiger partial charge in [0.05, 0.1) is 12.1 Å². The van der Waals surface area contributed by atoms with Crippen LogP contribution in [0.3, 0.4) is 0 Å². The van der Waals surface area contributed by atoms with Gasteiger partial charge in [-0.3, -0.25) is 9.59 Å². The van der Waals surface area contributed by atoms with Gasteiger partial charge in [0.15, 0.2) is 0 Å². The molecule has 2 aromatic rings. The van der Waals surface area contributed by atoms with Gasteiger partial charge in [-0.2, -0.15) is 0 Å². The first-order valence-electron chi connectivity index (χ1n) is 8.81. The van der Waals surface area contributed by atoms with E-state index in [1.807, 2.05) is 24.3 Å². The number of esters is 1. The summed E-state index contributed by atoms with van der Waals surface area (Å²) in [5.41, 5.74) is 0.958. The van der Waals surface area contributed by atoms with Crippen LogP contribution in [0, 0.1) is 5.92 Å². The highest BCUT2D eigenvalue weighted by Crippen LogP contribution is 2.25. The zero-order valence-electron chi connectivity index (χ0n) is 14.7. The number of nitrogens with one attached hydrogen (secondary N) is 1. The van der Waals surface area contributed by atoms with Gasteiger partial charge in [-0.1, -0.05) is 15.9 Å². The average Bonchev–Trinajstić information content (AvgIpc) is 2.66. The SMILES string of the molecule is CCOC(=O)CNC(=O)C1CCN(c2ccc3cc(Br)ccc3n2)CC1. The summed E-state index contributed by atoms with van der Waals surface area (Å²) in [5.74, 6) is 0.390. The van der Waals surface area contributed by atoms with Crippen LogP contribution < -0.4 is 10.2 Å². The third kappa shape index (κ3) is 4.52. The van der Waals surface area contributed by atoms with Crippen molar-refractivity contribution in [1.29, 1.82) is 0 Å². The normalized spacial score (nSPS) is 15.1. The molecule has 1 aliphatic heterocycles. The van der Waals surface area contributed by atoms with Crippen LogP contribution in [0.4, 0.5) is 5.82 Å². The number of carbonyl (C=O) groups is 2. The summed E-state index contributed by atoms with van der Waals surface area (Å²) in [5, 5.41) is 3.76. The third-order valence-corrected chi connectivity index (χ3v) is 5.03. The Morgan fingerprint density at radius 1 is 1.27 bits per heavy atom. The number of piperidine rings is 1. The lowest BCUT2D eigenvalue weighted by Crippen LogP contribution is -2.42. The number of halogens is 1. The molecule has 1 aliphatic rings. The van der Waals surface area contributed by atoms with Gasteiger partial charge >= 0.3 is 5.97 Å². The minimum Gasteiger partial charge on any atom is -0.465 e. The monoisotopic (exact) mass is 419 g/mol. The molecule has 26 heavy (non-hydrogen) atoms. The fourth-order valence-corrected chi connectivity index (χ4v) is 3.53. The Morgan fingerprint density at radius 3 is 2.77 bits per heavy atom. The number of fused-ring (bicyclic) bond motifs is 1. The first-order valence-corrected chi connectivity index (χ1v) is 9.60. The highest BCUT2D eigenvalue weighted by Gasteiger charge is 2.26. The maximum atomic E-state index is 12.2. The van der Waals surface area contributed by atoms with Gasteiger partial charge in [0.25, 0.3) is 0 Å². The van der Waals surface area contributed by atoms with Gasteiger partial charge in [-0.25, -0.2) is 4.98 Å². The van der Waals surface area contributed by atoms with E-state index in [-0.39, 0.29) is 18.4 Å². The molecule has 2 heterocycles. The molecule has 0 aliphatic carbocycles. The second-order valence-corrected chi connectivity index (χ2v) is 7.21. The second-order valence-electron chi connectivity index (χ2n) is 6.29. The van der Waals surface area contributed by atoms with Crippen molar-refractivity contribution in [2.45, 2.75) is 19.8 Å². The van der Waals surface area contributed by atoms with Crippen LogP contribution >= 0.6 is 15.9 Å². The Hall–Kier alpha value is -2.15. The van der Waals surface area contributed by atoms with E-state index in [0.717, 1.165) is 47.1 Å². The van der Waals surface area contributed by atoms with E-state index in [1.54, 1.807) is 6.92 Å². The molecule has 0 unspecified atom stereocenters. The Kier molecular flexibility index (Phi) is 6.08. The fourth-order valence-electron chi connectivity index (χ4n) is 3.15. The molecular weight excluding hydrogens is 398 g/mol. The van der Waals surface area contributed by atoms with Gasteiger partial charge in [0, 0.05) is 28.9 Å². The van der Waals surface area contributed by atoms with E-state index in [1.165, 1.54) is 0 Å². The van der Waals surface area contributed by atoms with E-state index in [9.17, 15) is 9.59 Å². The maximum absolute atomic E-state index is 12.2. The lowest BCUT2D eigenvalue weighted by molar-refractivity contribution is -0.143. The molecule has 0 saturated carbocycles. The molecule has 7 heteroatoms. The van der Waals surface area contributed by atoms with Crippen LogP contribution in [0.25, 0.3) is 10.9 Å². The summed E-state index contributed by atoms with van der Waals surface area (Å²) in [6, 6.07) is 10.1. The number of rotatable bonds is 5. The summed E-state index contributed by atoms with van der Waals surface area (Å²) in [6.07, 6.45) is 1.49. The van der Waals surface area contributed by atoms with Crippen molar-refractivity contribution in [3.8, 4) is 0 Å². The molecule has 0 spiro atoms.